The smallest absolute Gasteiger partial charge is 0.226 e. The minimum atomic E-state index is 0.196. The van der Waals surface area contributed by atoms with Gasteiger partial charge in [-0.15, -0.1) is 0 Å². The molecular weight excluding hydrogens is 364 g/mol. The number of nitrogens with zero attached hydrogens (tertiary/aromatic N) is 2. The molecule has 0 spiro atoms. The second-order valence-corrected chi connectivity index (χ2v) is 7.64. The lowest BCUT2D eigenvalue weighted by atomic mass is 10.0. The van der Waals surface area contributed by atoms with Crippen LogP contribution >= 0.6 is 0 Å². The normalized spacial score (nSPS) is 15.2. The summed E-state index contributed by atoms with van der Waals surface area (Å²) in [5.41, 5.74) is 3.35. The Hall–Kier alpha value is -2.53. The van der Waals surface area contributed by atoms with E-state index < -0.39 is 0 Å². The number of hydrogen-bond acceptors (Lipinski definition) is 4. The monoisotopic (exact) mass is 396 g/mol. The van der Waals surface area contributed by atoms with Crippen LogP contribution in [0.2, 0.25) is 0 Å². The summed E-state index contributed by atoms with van der Waals surface area (Å²) in [5, 5.41) is 0. The molecule has 0 saturated carbocycles. The molecule has 1 fully saturated rings. The molecule has 156 valence electrons. The zero-order chi connectivity index (χ0) is 20.8. The van der Waals surface area contributed by atoms with Crippen LogP contribution in [-0.2, 0) is 11.3 Å². The van der Waals surface area contributed by atoms with Crippen LogP contribution in [0.3, 0.4) is 0 Å². The molecule has 1 aliphatic heterocycles. The molecule has 0 bridgehead atoms. The molecular formula is C24H32N2O3. The zero-order valence-corrected chi connectivity index (χ0v) is 18.0. The van der Waals surface area contributed by atoms with Gasteiger partial charge in [0.1, 0.15) is 11.5 Å². The van der Waals surface area contributed by atoms with Gasteiger partial charge >= 0.3 is 0 Å². The third kappa shape index (κ3) is 5.10. The molecule has 3 rings (SSSR count). The van der Waals surface area contributed by atoms with Gasteiger partial charge in [-0.1, -0.05) is 24.6 Å². The summed E-state index contributed by atoms with van der Waals surface area (Å²) in [5.74, 6) is 1.92. The van der Waals surface area contributed by atoms with Crippen molar-refractivity contribution < 1.29 is 14.3 Å². The van der Waals surface area contributed by atoms with Crippen LogP contribution in [0.4, 0.5) is 5.69 Å². The first-order chi connectivity index (χ1) is 14.0. The van der Waals surface area contributed by atoms with Gasteiger partial charge in [0.25, 0.3) is 0 Å². The van der Waals surface area contributed by atoms with Crippen molar-refractivity contribution in [2.24, 2.45) is 0 Å². The summed E-state index contributed by atoms with van der Waals surface area (Å²) >= 11 is 0. The van der Waals surface area contributed by atoms with Crippen molar-refractivity contribution in [1.82, 2.24) is 4.90 Å². The average molecular weight is 397 g/mol. The summed E-state index contributed by atoms with van der Waals surface area (Å²) in [6, 6.07) is 14.5. The SMILES string of the molecule is CCC(=O)N(c1ccc(C)cc1)C1CCN(Cc2cc(OC)ccc2OC)CC1. The Labute approximate surface area is 174 Å². The Morgan fingerprint density at radius 1 is 1.07 bits per heavy atom. The van der Waals surface area contributed by atoms with Crippen LogP contribution in [-0.4, -0.2) is 44.2 Å². The third-order valence-corrected chi connectivity index (χ3v) is 5.69. The fourth-order valence-electron chi connectivity index (χ4n) is 4.02. The van der Waals surface area contributed by atoms with E-state index in [2.05, 4.69) is 36.1 Å². The number of carbonyl (C=O) groups excluding carboxylic acids is 1. The van der Waals surface area contributed by atoms with Gasteiger partial charge in [0.05, 0.1) is 14.2 Å². The van der Waals surface area contributed by atoms with Gasteiger partial charge in [-0.3, -0.25) is 9.69 Å². The van der Waals surface area contributed by atoms with Gasteiger partial charge < -0.3 is 14.4 Å². The van der Waals surface area contributed by atoms with E-state index in [9.17, 15) is 4.79 Å². The van der Waals surface area contributed by atoms with E-state index in [1.807, 2.05) is 30.0 Å². The quantitative estimate of drug-likeness (QED) is 0.695. The molecule has 5 nitrogen and oxygen atoms in total. The lowest BCUT2D eigenvalue weighted by Gasteiger charge is -2.38. The van der Waals surface area contributed by atoms with Crippen LogP contribution in [0, 0.1) is 6.92 Å². The molecule has 0 unspecified atom stereocenters. The Morgan fingerprint density at radius 2 is 1.76 bits per heavy atom. The minimum absolute atomic E-state index is 0.196. The van der Waals surface area contributed by atoms with Crippen molar-refractivity contribution in [3.63, 3.8) is 0 Å². The van der Waals surface area contributed by atoms with E-state index in [1.54, 1.807) is 14.2 Å². The fourth-order valence-corrected chi connectivity index (χ4v) is 4.02. The van der Waals surface area contributed by atoms with E-state index >= 15 is 0 Å². The molecule has 0 aromatic heterocycles. The number of likely N-dealkylation sites (tertiary alicyclic amines) is 1. The van der Waals surface area contributed by atoms with E-state index in [1.165, 1.54) is 5.56 Å². The van der Waals surface area contributed by atoms with Crippen molar-refractivity contribution in [2.45, 2.75) is 45.7 Å². The number of methoxy groups -OCH3 is 2. The Kier molecular flexibility index (Phi) is 7.15. The number of piperidine rings is 1. The summed E-state index contributed by atoms with van der Waals surface area (Å²) < 4.78 is 10.9. The van der Waals surface area contributed by atoms with Crippen LogP contribution < -0.4 is 14.4 Å². The van der Waals surface area contributed by atoms with E-state index in [-0.39, 0.29) is 11.9 Å². The highest BCUT2D eigenvalue weighted by molar-refractivity contribution is 5.93. The predicted molar refractivity (Wildman–Crippen MR) is 117 cm³/mol. The zero-order valence-electron chi connectivity index (χ0n) is 18.0. The number of anilines is 1. The van der Waals surface area contributed by atoms with Crippen molar-refractivity contribution in [1.29, 1.82) is 0 Å². The highest BCUT2D eigenvalue weighted by Crippen LogP contribution is 2.29. The van der Waals surface area contributed by atoms with Crippen molar-refractivity contribution >= 4 is 11.6 Å². The number of rotatable bonds is 7. The number of ether oxygens (including phenoxy) is 2. The number of carbonyl (C=O) groups is 1. The van der Waals surface area contributed by atoms with Gasteiger partial charge in [-0.2, -0.15) is 0 Å². The van der Waals surface area contributed by atoms with Crippen molar-refractivity contribution in [3.8, 4) is 11.5 Å². The first-order valence-corrected chi connectivity index (χ1v) is 10.4. The molecule has 5 heteroatoms. The van der Waals surface area contributed by atoms with E-state index in [4.69, 9.17) is 9.47 Å². The second-order valence-electron chi connectivity index (χ2n) is 7.64. The van der Waals surface area contributed by atoms with Gasteiger partial charge in [0.2, 0.25) is 5.91 Å². The van der Waals surface area contributed by atoms with Crippen molar-refractivity contribution in [3.05, 3.63) is 53.6 Å². The highest BCUT2D eigenvalue weighted by atomic mass is 16.5. The van der Waals surface area contributed by atoms with E-state index in [0.29, 0.717) is 6.42 Å². The number of amides is 1. The molecule has 1 aliphatic rings. The van der Waals surface area contributed by atoms with Gasteiger partial charge in [0, 0.05) is 43.3 Å². The van der Waals surface area contributed by atoms with E-state index in [0.717, 1.165) is 55.2 Å². The molecule has 1 amide bonds. The first-order valence-electron chi connectivity index (χ1n) is 10.4. The largest absolute Gasteiger partial charge is 0.497 e. The summed E-state index contributed by atoms with van der Waals surface area (Å²) in [6.07, 6.45) is 2.45. The fraction of sp³-hybridized carbons (Fsp3) is 0.458. The lowest BCUT2D eigenvalue weighted by Crippen LogP contribution is -2.47. The van der Waals surface area contributed by atoms with Gasteiger partial charge in [0.15, 0.2) is 0 Å². The maximum atomic E-state index is 12.7. The topological polar surface area (TPSA) is 42.0 Å². The molecule has 2 aromatic rings. The van der Waals surface area contributed by atoms with Crippen LogP contribution in [0.1, 0.15) is 37.3 Å². The van der Waals surface area contributed by atoms with Gasteiger partial charge in [-0.25, -0.2) is 0 Å². The summed E-state index contributed by atoms with van der Waals surface area (Å²) in [7, 11) is 3.38. The summed E-state index contributed by atoms with van der Waals surface area (Å²) in [6.45, 7) is 6.73. The molecule has 29 heavy (non-hydrogen) atoms. The standard InChI is InChI=1S/C24H32N2O3/c1-5-24(27)26(20-8-6-18(2)7-9-20)21-12-14-25(15-13-21)17-19-16-22(28-3)10-11-23(19)29-4/h6-11,16,21H,5,12-15,17H2,1-4H3. The number of aryl methyl sites for hydroxylation is 1. The average Bonchev–Trinajstić information content (AvgIpc) is 2.76. The minimum Gasteiger partial charge on any atom is -0.497 e. The Bertz CT molecular complexity index is 811. The van der Waals surface area contributed by atoms with Crippen molar-refractivity contribution in [2.75, 3.05) is 32.2 Å². The molecule has 0 atom stereocenters. The maximum Gasteiger partial charge on any atom is 0.226 e. The maximum absolute atomic E-state index is 12.7. The third-order valence-electron chi connectivity index (χ3n) is 5.69. The van der Waals surface area contributed by atoms with Gasteiger partial charge in [-0.05, 0) is 50.1 Å². The molecule has 0 N–H and O–H groups in total. The number of hydrogen-bond donors (Lipinski definition) is 0. The molecule has 1 heterocycles. The molecule has 0 radical (unpaired) electrons. The van der Waals surface area contributed by atoms with Crippen LogP contribution in [0.5, 0.6) is 11.5 Å². The second kappa shape index (κ2) is 9.79. The number of benzene rings is 2. The molecule has 1 saturated heterocycles. The Morgan fingerprint density at radius 3 is 2.34 bits per heavy atom. The molecule has 0 aliphatic carbocycles. The van der Waals surface area contributed by atoms with Crippen LogP contribution in [0.25, 0.3) is 0 Å². The Balaban J connectivity index is 1.68. The summed E-state index contributed by atoms with van der Waals surface area (Å²) in [4.78, 5) is 17.2. The van der Waals surface area contributed by atoms with Crippen LogP contribution in [0.15, 0.2) is 42.5 Å². The highest BCUT2D eigenvalue weighted by Gasteiger charge is 2.28. The lowest BCUT2D eigenvalue weighted by molar-refractivity contribution is -0.119. The molecule has 2 aromatic carbocycles. The first kappa shape index (κ1) is 21.2. The predicted octanol–water partition coefficient (Wildman–Crippen LogP) is 4.42.